The number of rotatable bonds is 4. The maximum absolute atomic E-state index is 4.14. The van der Waals surface area contributed by atoms with Crippen LogP contribution in [0.2, 0.25) is 0 Å². The first-order chi connectivity index (χ1) is 7.77. The molecule has 84 valence electrons. The van der Waals surface area contributed by atoms with Crippen molar-refractivity contribution in [3.8, 4) is 0 Å². The lowest BCUT2D eigenvalue weighted by molar-refractivity contribution is 0.711. The van der Waals surface area contributed by atoms with Crippen LogP contribution in [0.5, 0.6) is 0 Å². The van der Waals surface area contributed by atoms with Crippen LogP contribution in [-0.4, -0.2) is 21.3 Å². The summed E-state index contributed by atoms with van der Waals surface area (Å²) >= 11 is 0. The normalized spacial score (nSPS) is 10.4. The number of pyridine rings is 1. The second kappa shape index (κ2) is 4.79. The lowest BCUT2D eigenvalue weighted by Crippen LogP contribution is -2.09. The molecule has 0 amide bonds. The number of nitrogens with zero attached hydrogens (tertiary/aromatic N) is 3. The SMILES string of the molecule is Cc1cnccc1NCCc1ccnn1C. The molecule has 0 saturated carbocycles. The summed E-state index contributed by atoms with van der Waals surface area (Å²) in [6, 6.07) is 4.04. The first-order valence-electron chi connectivity index (χ1n) is 5.39. The van der Waals surface area contributed by atoms with E-state index in [4.69, 9.17) is 0 Å². The molecule has 2 aromatic rings. The van der Waals surface area contributed by atoms with Crippen LogP contribution in [0.3, 0.4) is 0 Å². The first-order valence-corrected chi connectivity index (χ1v) is 5.39. The Bertz CT molecular complexity index is 462. The van der Waals surface area contributed by atoms with Crippen LogP contribution in [0.1, 0.15) is 11.3 Å². The fraction of sp³-hybridized carbons (Fsp3) is 0.333. The van der Waals surface area contributed by atoms with Gasteiger partial charge in [0.2, 0.25) is 0 Å². The van der Waals surface area contributed by atoms with Gasteiger partial charge in [0, 0.05) is 50.0 Å². The fourth-order valence-electron chi connectivity index (χ4n) is 1.64. The van der Waals surface area contributed by atoms with Crippen LogP contribution in [-0.2, 0) is 13.5 Å². The zero-order valence-corrected chi connectivity index (χ0v) is 9.64. The van der Waals surface area contributed by atoms with Crippen LogP contribution < -0.4 is 5.32 Å². The van der Waals surface area contributed by atoms with E-state index in [9.17, 15) is 0 Å². The predicted molar refractivity (Wildman–Crippen MR) is 64.4 cm³/mol. The summed E-state index contributed by atoms with van der Waals surface area (Å²) in [7, 11) is 1.97. The lowest BCUT2D eigenvalue weighted by Gasteiger charge is -2.08. The summed E-state index contributed by atoms with van der Waals surface area (Å²) in [5, 5.41) is 7.54. The average molecular weight is 216 g/mol. The molecule has 16 heavy (non-hydrogen) atoms. The lowest BCUT2D eigenvalue weighted by atomic mass is 10.2. The fourth-order valence-corrected chi connectivity index (χ4v) is 1.64. The molecule has 0 radical (unpaired) electrons. The van der Waals surface area contributed by atoms with E-state index in [0.29, 0.717) is 0 Å². The molecule has 0 aromatic carbocycles. The summed E-state index contributed by atoms with van der Waals surface area (Å²) in [4.78, 5) is 4.06. The van der Waals surface area contributed by atoms with E-state index >= 15 is 0 Å². The Kier molecular flexibility index (Phi) is 3.19. The monoisotopic (exact) mass is 216 g/mol. The van der Waals surface area contributed by atoms with Gasteiger partial charge in [0.25, 0.3) is 0 Å². The Morgan fingerprint density at radius 2 is 2.19 bits per heavy atom. The molecule has 0 unspecified atom stereocenters. The second-order valence-electron chi connectivity index (χ2n) is 3.81. The highest BCUT2D eigenvalue weighted by Crippen LogP contribution is 2.11. The molecule has 0 aliphatic heterocycles. The number of nitrogens with one attached hydrogen (secondary N) is 1. The van der Waals surface area contributed by atoms with E-state index < -0.39 is 0 Å². The van der Waals surface area contributed by atoms with Crippen molar-refractivity contribution < 1.29 is 0 Å². The number of hydrogen-bond acceptors (Lipinski definition) is 3. The number of hydrogen-bond donors (Lipinski definition) is 1. The van der Waals surface area contributed by atoms with Crippen molar-refractivity contribution >= 4 is 5.69 Å². The molecule has 2 rings (SSSR count). The topological polar surface area (TPSA) is 42.7 Å². The molecule has 4 heteroatoms. The van der Waals surface area contributed by atoms with Crippen molar-refractivity contribution in [3.05, 3.63) is 42.0 Å². The van der Waals surface area contributed by atoms with Crippen molar-refractivity contribution in [2.75, 3.05) is 11.9 Å². The van der Waals surface area contributed by atoms with Crippen LogP contribution in [0.25, 0.3) is 0 Å². The first kappa shape index (κ1) is 10.7. The highest BCUT2D eigenvalue weighted by atomic mass is 15.3. The smallest absolute Gasteiger partial charge is 0.0492 e. The third-order valence-corrected chi connectivity index (χ3v) is 2.64. The molecule has 0 atom stereocenters. The highest BCUT2D eigenvalue weighted by Gasteiger charge is 1.99. The Hall–Kier alpha value is -1.84. The summed E-state index contributed by atoms with van der Waals surface area (Å²) in [5.41, 5.74) is 3.56. The van der Waals surface area contributed by atoms with Crippen LogP contribution >= 0.6 is 0 Å². The third-order valence-electron chi connectivity index (χ3n) is 2.64. The van der Waals surface area contributed by atoms with Gasteiger partial charge in [-0.05, 0) is 24.6 Å². The maximum Gasteiger partial charge on any atom is 0.0492 e. The van der Waals surface area contributed by atoms with Gasteiger partial charge in [-0.3, -0.25) is 9.67 Å². The molecular weight excluding hydrogens is 200 g/mol. The molecule has 2 aromatic heterocycles. The standard InChI is InChI=1S/C12H16N4/c1-10-9-13-6-5-12(10)14-7-3-11-4-8-15-16(11)2/h4-6,8-9H,3,7H2,1-2H3,(H,13,14). The average Bonchev–Trinajstić information content (AvgIpc) is 2.67. The van der Waals surface area contributed by atoms with Gasteiger partial charge in [-0.25, -0.2) is 0 Å². The van der Waals surface area contributed by atoms with E-state index in [1.54, 1.807) is 6.20 Å². The summed E-state index contributed by atoms with van der Waals surface area (Å²) < 4.78 is 1.90. The van der Waals surface area contributed by atoms with Gasteiger partial charge in [0.1, 0.15) is 0 Å². The van der Waals surface area contributed by atoms with Gasteiger partial charge in [-0.2, -0.15) is 5.10 Å². The zero-order chi connectivity index (χ0) is 11.4. The molecular formula is C12H16N4. The van der Waals surface area contributed by atoms with Gasteiger partial charge in [0.15, 0.2) is 0 Å². The predicted octanol–water partition coefficient (Wildman–Crippen LogP) is 1.78. The minimum absolute atomic E-state index is 0.907. The Morgan fingerprint density at radius 3 is 2.88 bits per heavy atom. The van der Waals surface area contributed by atoms with Crippen molar-refractivity contribution in [2.24, 2.45) is 7.05 Å². The largest absolute Gasteiger partial charge is 0.384 e. The molecule has 0 bridgehead atoms. The van der Waals surface area contributed by atoms with Crippen molar-refractivity contribution in [1.29, 1.82) is 0 Å². The molecule has 2 heterocycles. The van der Waals surface area contributed by atoms with E-state index in [0.717, 1.165) is 18.7 Å². The summed E-state index contributed by atoms with van der Waals surface area (Å²) in [6.45, 7) is 2.96. The van der Waals surface area contributed by atoms with E-state index in [1.165, 1.54) is 11.3 Å². The van der Waals surface area contributed by atoms with Crippen LogP contribution in [0.4, 0.5) is 5.69 Å². The molecule has 1 N–H and O–H groups in total. The third kappa shape index (κ3) is 2.39. The minimum atomic E-state index is 0.907. The van der Waals surface area contributed by atoms with E-state index in [-0.39, 0.29) is 0 Å². The molecule has 0 fully saturated rings. The second-order valence-corrected chi connectivity index (χ2v) is 3.81. The quantitative estimate of drug-likeness (QED) is 0.847. The number of anilines is 1. The highest BCUT2D eigenvalue weighted by molar-refractivity contribution is 5.48. The van der Waals surface area contributed by atoms with Crippen LogP contribution in [0.15, 0.2) is 30.7 Å². The van der Waals surface area contributed by atoms with Crippen molar-refractivity contribution in [2.45, 2.75) is 13.3 Å². The Morgan fingerprint density at radius 1 is 1.31 bits per heavy atom. The van der Waals surface area contributed by atoms with Gasteiger partial charge < -0.3 is 5.32 Å². The molecule has 0 aliphatic carbocycles. The molecule has 0 aliphatic rings. The molecule has 4 nitrogen and oxygen atoms in total. The number of aromatic nitrogens is 3. The minimum Gasteiger partial charge on any atom is -0.384 e. The van der Waals surface area contributed by atoms with E-state index in [1.807, 2.05) is 36.3 Å². The summed E-state index contributed by atoms with van der Waals surface area (Å²) in [5.74, 6) is 0. The van der Waals surface area contributed by atoms with Gasteiger partial charge >= 0.3 is 0 Å². The zero-order valence-electron chi connectivity index (χ0n) is 9.64. The Balaban J connectivity index is 1.89. The van der Waals surface area contributed by atoms with Crippen molar-refractivity contribution in [1.82, 2.24) is 14.8 Å². The Labute approximate surface area is 95.3 Å². The maximum atomic E-state index is 4.14. The van der Waals surface area contributed by atoms with Gasteiger partial charge in [0.05, 0.1) is 0 Å². The molecule has 0 spiro atoms. The number of aryl methyl sites for hydroxylation is 2. The van der Waals surface area contributed by atoms with Crippen molar-refractivity contribution in [3.63, 3.8) is 0 Å². The van der Waals surface area contributed by atoms with Gasteiger partial charge in [-0.1, -0.05) is 0 Å². The van der Waals surface area contributed by atoms with E-state index in [2.05, 4.69) is 22.3 Å². The van der Waals surface area contributed by atoms with Crippen LogP contribution in [0, 0.1) is 6.92 Å². The summed E-state index contributed by atoms with van der Waals surface area (Å²) in [6.07, 6.45) is 6.47. The van der Waals surface area contributed by atoms with Gasteiger partial charge in [-0.15, -0.1) is 0 Å². The molecule has 0 saturated heterocycles.